The standard InChI is InChI=1S/C7H14N4/c1-6(2)10-7(9-5-8)11(3)4/h6H,1-4H3,(H,9,10). The van der Waals surface area contributed by atoms with Crippen LogP contribution in [-0.4, -0.2) is 31.0 Å². The number of guanidine groups is 1. The Bertz CT molecular complexity index is 175. The molecular weight excluding hydrogens is 140 g/mol. The maximum atomic E-state index is 8.33. The Balaban J connectivity index is 4.23. The third kappa shape index (κ3) is 4.20. The second-order valence-corrected chi connectivity index (χ2v) is 2.68. The Labute approximate surface area is 67.5 Å². The minimum Gasteiger partial charge on any atom is -0.348 e. The normalized spacial score (nSPS) is 11.1. The Morgan fingerprint density at radius 1 is 1.55 bits per heavy atom. The zero-order valence-corrected chi connectivity index (χ0v) is 7.42. The van der Waals surface area contributed by atoms with Crippen molar-refractivity contribution in [3.63, 3.8) is 0 Å². The molecule has 0 saturated carbocycles. The summed E-state index contributed by atoms with van der Waals surface area (Å²) in [5.74, 6) is 0.600. The van der Waals surface area contributed by atoms with Crippen LogP contribution in [0.5, 0.6) is 0 Å². The molecular formula is C7H14N4. The molecule has 62 valence electrons. The second kappa shape index (κ2) is 4.56. The molecule has 1 N–H and O–H groups in total. The van der Waals surface area contributed by atoms with Gasteiger partial charge in [-0.15, -0.1) is 0 Å². The average Bonchev–Trinajstić information content (AvgIpc) is 1.86. The van der Waals surface area contributed by atoms with Gasteiger partial charge in [-0.3, -0.25) is 5.32 Å². The van der Waals surface area contributed by atoms with Crippen LogP contribution < -0.4 is 5.32 Å². The summed E-state index contributed by atoms with van der Waals surface area (Å²) in [6.07, 6.45) is 1.83. The maximum Gasteiger partial charge on any atom is 0.207 e. The van der Waals surface area contributed by atoms with Crippen molar-refractivity contribution < 1.29 is 0 Å². The van der Waals surface area contributed by atoms with E-state index in [-0.39, 0.29) is 6.04 Å². The van der Waals surface area contributed by atoms with Crippen LogP contribution >= 0.6 is 0 Å². The summed E-state index contributed by atoms with van der Waals surface area (Å²) in [7, 11) is 3.68. The number of aliphatic imine (C=N–C) groups is 1. The van der Waals surface area contributed by atoms with Crippen LogP contribution in [0.2, 0.25) is 0 Å². The Morgan fingerprint density at radius 3 is 2.36 bits per heavy atom. The van der Waals surface area contributed by atoms with Crippen LogP contribution in [0.3, 0.4) is 0 Å². The molecule has 0 fully saturated rings. The van der Waals surface area contributed by atoms with Crippen LogP contribution in [0.15, 0.2) is 4.99 Å². The molecule has 0 heterocycles. The monoisotopic (exact) mass is 154 g/mol. The molecule has 4 nitrogen and oxygen atoms in total. The highest BCUT2D eigenvalue weighted by Crippen LogP contribution is 1.88. The van der Waals surface area contributed by atoms with E-state index in [0.29, 0.717) is 5.96 Å². The minimum absolute atomic E-state index is 0.202. The topological polar surface area (TPSA) is 51.4 Å². The highest BCUT2D eigenvalue weighted by atomic mass is 15.3. The van der Waals surface area contributed by atoms with Crippen molar-refractivity contribution in [2.45, 2.75) is 19.9 Å². The van der Waals surface area contributed by atoms with E-state index in [1.54, 1.807) is 4.90 Å². The second-order valence-electron chi connectivity index (χ2n) is 2.68. The zero-order valence-electron chi connectivity index (χ0n) is 7.42. The molecule has 0 aliphatic heterocycles. The van der Waals surface area contributed by atoms with Crippen molar-refractivity contribution in [2.24, 2.45) is 4.99 Å². The number of nitrogens with zero attached hydrogens (tertiary/aromatic N) is 3. The molecule has 0 aliphatic carbocycles. The van der Waals surface area contributed by atoms with Crippen molar-refractivity contribution in [1.29, 1.82) is 5.26 Å². The largest absolute Gasteiger partial charge is 0.348 e. The molecule has 0 aromatic heterocycles. The van der Waals surface area contributed by atoms with Gasteiger partial charge in [0.2, 0.25) is 5.96 Å². The van der Waals surface area contributed by atoms with Gasteiger partial charge in [0.15, 0.2) is 6.19 Å². The van der Waals surface area contributed by atoms with E-state index in [2.05, 4.69) is 10.3 Å². The van der Waals surface area contributed by atoms with Gasteiger partial charge in [0, 0.05) is 20.1 Å². The van der Waals surface area contributed by atoms with Gasteiger partial charge in [0.25, 0.3) is 0 Å². The summed E-state index contributed by atoms with van der Waals surface area (Å²) in [5, 5.41) is 10.8. The lowest BCUT2D eigenvalue weighted by Crippen LogP contribution is -2.34. The minimum atomic E-state index is 0.202. The summed E-state index contributed by atoms with van der Waals surface area (Å²) >= 11 is 0. The van der Waals surface area contributed by atoms with E-state index < -0.39 is 0 Å². The van der Waals surface area contributed by atoms with Crippen molar-refractivity contribution in [3.8, 4) is 6.19 Å². The lowest BCUT2D eigenvalue weighted by molar-refractivity contribution is 0.590. The van der Waals surface area contributed by atoms with Gasteiger partial charge in [-0.2, -0.15) is 5.26 Å². The van der Waals surface area contributed by atoms with Crippen LogP contribution in [0.25, 0.3) is 0 Å². The zero-order chi connectivity index (χ0) is 8.85. The summed E-state index contributed by atoms with van der Waals surface area (Å²) in [4.78, 5) is 5.94. The molecule has 11 heavy (non-hydrogen) atoms. The highest BCUT2D eigenvalue weighted by molar-refractivity contribution is 5.80. The Hall–Kier alpha value is -1.24. The molecule has 4 heteroatoms. The SMILES string of the molecule is CC(C)N=C(NC#N)N(C)C. The third-order valence-electron chi connectivity index (χ3n) is 0.972. The number of rotatable bonds is 1. The predicted octanol–water partition coefficient (Wildman–Crippen LogP) is 0.383. The van der Waals surface area contributed by atoms with Gasteiger partial charge >= 0.3 is 0 Å². The van der Waals surface area contributed by atoms with Gasteiger partial charge in [0.1, 0.15) is 0 Å². The first-order valence-electron chi connectivity index (χ1n) is 3.48. The Kier molecular flexibility index (Phi) is 4.04. The first kappa shape index (κ1) is 9.76. The molecule has 0 atom stereocenters. The number of nitrogens with one attached hydrogen (secondary N) is 1. The highest BCUT2D eigenvalue weighted by Gasteiger charge is 1.99. The predicted molar refractivity (Wildman–Crippen MR) is 45.0 cm³/mol. The fourth-order valence-corrected chi connectivity index (χ4v) is 0.554. The fraction of sp³-hybridized carbons (Fsp3) is 0.714. The van der Waals surface area contributed by atoms with Crippen LogP contribution in [0.1, 0.15) is 13.8 Å². The van der Waals surface area contributed by atoms with Crippen molar-refractivity contribution in [2.75, 3.05) is 14.1 Å². The number of hydrogen-bond donors (Lipinski definition) is 1. The average molecular weight is 154 g/mol. The molecule has 0 rings (SSSR count). The van der Waals surface area contributed by atoms with E-state index in [9.17, 15) is 0 Å². The van der Waals surface area contributed by atoms with Crippen molar-refractivity contribution >= 4 is 5.96 Å². The number of nitriles is 1. The molecule has 0 saturated heterocycles. The van der Waals surface area contributed by atoms with Gasteiger partial charge in [-0.1, -0.05) is 0 Å². The fourth-order valence-electron chi connectivity index (χ4n) is 0.554. The summed E-state index contributed by atoms with van der Waals surface area (Å²) in [6, 6.07) is 0.202. The van der Waals surface area contributed by atoms with Crippen molar-refractivity contribution in [3.05, 3.63) is 0 Å². The molecule has 0 bridgehead atoms. The lowest BCUT2D eigenvalue weighted by Gasteiger charge is -2.14. The van der Waals surface area contributed by atoms with Gasteiger partial charge in [-0.25, -0.2) is 4.99 Å². The smallest absolute Gasteiger partial charge is 0.207 e. The molecule has 0 aromatic rings. The van der Waals surface area contributed by atoms with E-state index in [0.717, 1.165) is 0 Å². The molecule has 0 amide bonds. The lowest BCUT2D eigenvalue weighted by atomic mass is 10.4. The first-order valence-corrected chi connectivity index (χ1v) is 3.48. The first-order chi connectivity index (χ1) is 5.07. The molecule has 0 radical (unpaired) electrons. The summed E-state index contributed by atoms with van der Waals surface area (Å²) < 4.78 is 0. The van der Waals surface area contributed by atoms with E-state index in [1.165, 1.54) is 0 Å². The molecule has 0 aliphatic rings. The van der Waals surface area contributed by atoms with E-state index in [4.69, 9.17) is 5.26 Å². The quantitative estimate of drug-likeness (QED) is 0.257. The third-order valence-corrected chi connectivity index (χ3v) is 0.972. The van der Waals surface area contributed by atoms with Crippen LogP contribution in [0, 0.1) is 11.5 Å². The van der Waals surface area contributed by atoms with E-state index >= 15 is 0 Å². The van der Waals surface area contributed by atoms with Gasteiger partial charge < -0.3 is 4.90 Å². The van der Waals surface area contributed by atoms with Crippen LogP contribution in [-0.2, 0) is 0 Å². The molecule has 0 aromatic carbocycles. The molecule has 0 spiro atoms. The van der Waals surface area contributed by atoms with Gasteiger partial charge in [-0.05, 0) is 13.8 Å². The number of hydrogen-bond acceptors (Lipinski definition) is 2. The summed E-state index contributed by atoms with van der Waals surface area (Å²) in [6.45, 7) is 3.92. The van der Waals surface area contributed by atoms with E-state index in [1.807, 2.05) is 34.1 Å². The molecule has 0 unspecified atom stereocenters. The summed E-state index contributed by atoms with van der Waals surface area (Å²) in [5.41, 5.74) is 0. The Morgan fingerprint density at radius 2 is 2.09 bits per heavy atom. The maximum absolute atomic E-state index is 8.33. The van der Waals surface area contributed by atoms with Gasteiger partial charge in [0.05, 0.1) is 0 Å². The van der Waals surface area contributed by atoms with Crippen LogP contribution in [0.4, 0.5) is 0 Å². The van der Waals surface area contributed by atoms with Crippen molar-refractivity contribution in [1.82, 2.24) is 10.2 Å².